The second-order valence-electron chi connectivity index (χ2n) is 7.64. The number of hydrogen-bond acceptors (Lipinski definition) is 3. The van der Waals surface area contributed by atoms with Gasteiger partial charge in [0.15, 0.2) is 0 Å². The number of anilines is 1. The van der Waals surface area contributed by atoms with Crippen molar-refractivity contribution in [3.63, 3.8) is 0 Å². The van der Waals surface area contributed by atoms with E-state index in [1.165, 1.54) is 5.56 Å². The van der Waals surface area contributed by atoms with E-state index in [0.29, 0.717) is 0 Å². The highest BCUT2D eigenvalue weighted by atomic mass is 16.2. The zero-order valence-electron chi connectivity index (χ0n) is 17.7. The second-order valence-corrected chi connectivity index (χ2v) is 7.64. The number of amides is 2. The molecule has 0 spiro atoms. The van der Waals surface area contributed by atoms with Crippen molar-refractivity contribution >= 4 is 17.5 Å². The average molecular weight is 382 g/mol. The predicted molar refractivity (Wildman–Crippen MR) is 115 cm³/mol. The number of hydrogen-bond donors (Lipinski definition) is 2. The Morgan fingerprint density at radius 1 is 0.929 bits per heavy atom. The molecule has 0 aromatic heterocycles. The van der Waals surface area contributed by atoms with Crippen LogP contribution in [0.2, 0.25) is 0 Å². The van der Waals surface area contributed by atoms with Gasteiger partial charge in [-0.15, -0.1) is 0 Å². The topological polar surface area (TPSA) is 61.4 Å². The molecule has 0 bridgehead atoms. The molecule has 0 aliphatic carbocycles. The Bertz CT molecular complexity index is 838. The number of rotatable bonds is 7. The third-order valence-electron chi connectivity index (χ3n) is 4.80. The highest BCUT2D eigenvalue weighted by molar-refractivity contribution is 5.94. The lowest BCUT2D eigenvalue weighted by Crippen LogP contribution is -2.39. The standard InChI is InChI=1S/C23H31N3O2/c1-15-11-17(3)23(18(4)12-15)25-22(28)14-26(6)13-21(27)24-19(5)20-10-8-7-9-16(20)2/h7-12,19H,13-14H2,1-6H3,(H,24,27)(H,25,28). The van der Waals surface area contributed by atoms with Gasteiger partial charge in [-0.3, -0.25) is 14.5 Å². The van der Waals surface area contributed by atoms with Crippen LogP contribution in [0.25, 0.3) is 0 Å². The Labute approximate surface area is 168 Å². The first kappa shape index (κ1) is 21.6. The first-order valence-corrected chi connectivity index (χ1v) is 9.58. The number of likely N-dealkylation sites (N-methyl/N-ethyl adjacent to an activating group) is 1. The molecular formula is C23H31N3O2. The zero-order valence-corrected chi connectivity index (χ0v) is 17.7. The van der Waals surface area contributed by atoms with Crippen LogP contribution in [-0.2, 0) is 9.59 Å². The smallest absolute Gasteiger partial charge is 0.238 e. The minimum absolute atomic E-state index is 0.0752. The van der Waals surface area contributed by atoms with Crippen LogP contribution in [0, 0.1) is 27.7 Å². The van der Waals surface area contributed by atoms with Gasteiger partial charge >= 0.3 is 0 Å². The van der Waals surface area contributed by atoms with Crippen LogP contribution >= 0.6 is 0 Å². The summed E-state index contributed by atoms with van der Waals surface area (Å²) in [5, 5.41) is 5.97. The van der Waals surface area contributed by atoms with E-state index in [1.807, 2.05) is 71.0 Å². The predicted octanol–water partition coefficient (Wildman–Crippen LogP) is 3.67. The largest absolute Gasteiger partial charge is 0.348 e. The Morgan fingerprint density at radius 2 is 1.50 bits per heavy atom. The number of benzene rings is 2. The summed E-state index contributed by atoms with van der Waals surface area (Å²) in [4.78, 5) is 26.5. The normalized spacial score (nSPS) is 12.0. The van der Waals surface area contributed by atoms with Crippen molar-refractivity contribution in [2.75, 3.05) is 25.5 Å². The summed E-state index contributed by atoms with van der Waals surface area (Å²) in [5.74, 6) is -0.231. The van der Waals surface area contributed by atoms with Gasteiger partial charge in [-0.2, -0.15) is 0 Å². The van der Waals surface area contributed by atoms with Crippen molar-refractivity contribution in [1.29, 1.82) is 0 Å². The summed E-state index contributed by atoms with van der Waals surface area (Å²) in [7, 11) is 1.77. The van der Waals surface area contributed by atoms with Gasteiger partial charge < -0.3 is 10.6 Å². The molecule has 2 N–H and O–H groups in total. The highest BCUT2D eigenvalue weighted by Crippen LogP contribution is 2.21. The monoisotopic (exact) mass is 381 g/mol. The van der Waals surface area contributed by atoms with Crippen LogP contribution in [0.3, 0.4) is 0 Å². The zero-order chi connectivity index (χ0) is 20.8. The van der Waals surface area contributed by atoms with E-state index in [-0.39, 0.29) is 30.9 Å². The van der Waals surface area contributed by atoms with E-state index in [4.69, 9.17) is 0 Å². The van der Waals surface area contributed by atoms with E-state index < -0.39 is 0 Å². The van der Waals surface area contributed by atoms with Crippen molar-refractivity contribution in [2.24, 2.45) is 0 Å². The van der Waals surface area contributed by atoms with E-state index in [2.05, 4.69) is 10.6 Å². The van der Waals surface area contributed by atoms with E-state index >= 15 is 0 Å². The Hall–Kier alpha value is -2.66. The number of carbonyl (C=O) groups is 2. The molecule has 2 amide bonds. The molecule has 0 aliphatic rings. The van der Waals surface area contributed by atoms with Crippen molar-refractivity contribution in [2.45, 2.75) is 40.7 Å². The molecule has 0 fully saturated rings. The lowest BCUT2D eigenvalue weighted by Gasteiger charge is -2.20. The first-order valence-electron chi connectivity index (χ1n) is 9.58. The molecule has 0 heterocycles. The Balaban J connectivity index is 1.87. The quantitative estimate of drug-likeness (QED) is 0.769. The van der Waals surface area contributed by atoms with E-state index in [0.717, 1.165) is 27.9 Å². The second kappa shape index (κ2) is 9.51. The van der Waals surface area contributed by atoms with Crippen molar-refractivity contribution in [3.05, 3.63) is 64.2 Å². The maximum atomic E-state index is 12.4. The number of nitrogens with zero attached hydrogens (tertiary/aromatic N) is 1. The van der Waals surface area contributed by atoms with Crippen LogP contribution in [0.5, 0.6) is 0 Å². The van der Waals surface area contributed by atoms with Crippen LogP contribution in [0.1, 0.15) is 40.8 Å². The number of nitrogens with one attached hydrogen (secondary N) is 2. The third-order valence-corrected chi connectivity index (χ3v) is 4.80. The summed E-state index contributed by atoms with van der Waals surface area (Å²) in [5.41, 5.74) is 6.34. The molecule has 2 aromatic carbocycles. The first-order chi connectivity index (χ1) is 13.2. The lowest BCUT2D eigenvalue weighted by molar-refractivity contribution is -0.123. The number of aryl methyl sites for hydroxylation is 4. The van der Waals surface area contributed by atoms with Gasteiger partial charge in [-0.25, -0.2) is 0 Å². The van der Waals surface area contributed by atoms with Gasteiger partial charge in [0.25, 0.3) is 0 Å². The van der Waals surface area contributed by atoms with Gasteiger partial charge in [0.05, 0.1) is 19.1 Å². The molecule has 5 heteroatoms. The third kappa shape index (κ3) is 5.92. The molecule has 0 aliphatic heterocycles. The van der Waals surface area contributed by atoms with Gasteiger partial charge in [0.1, 0.15) is 0 Å². The van der Waals surface area contributed by atoms with Crippen molar-refractivity contribution in [1.82, 2.24) is 10.2 Å². The molecule has 2 rings (SSSR count). The molecule has 0 saturated carbocycles. The fraction of sp³-hybridized carbons (Fsp3) is 0.391. The average Bonchev–Trinajstić information content (AvgIpc) is 2.58. The Kier molecular flexibility index (Phi) is 7.35. The summed E-state index contributed by atoms with van der Waals surface area (Å²) in [6.45, 7) is 10.3. The summed E-state index contributed by atoms with van der Waals surface area (Å²) in [6, 6.07) is 12.0. The van der Waals surface area contributed by atoms with Crippen molar-refractivity contribution < 1.29 is 9.59 Å². The maximum absolute atomic E-state index is 12.4. The highest BCUT2D eigenvalue weighted by Gasteiger charge is 2.15. The summed E-state index contributed by atoms with van der Waals surface area (Å²) >= 11 is 0. The van der Waals surface area contributed by atoms with Crippen LogP contribution in [-0.4, -0.2) is 36.9 Å². The van der Waals surface area contributed by atoms with Gasteiger partial charge in [-0.1, -0.05) is 42.0 Å². The van der Waals surface area contributed by atoms with Gasteiger partial charge in [-0.05, 0) is 63.9 Å². The number of carbonyl (C=O) groups excluding carboxylic acids is 2. The molecule has 1 unspecified atom stereocenters. The minimum Gasteiger partial charge on any atom is -0.348 e. The maximum Gasteiger partial charge on any atom is 0.238 e. The summed E-state index contributed by atoms with van der Waals surface area (Å²) in [6.07, 6.45) is 0. The van der Waals surface area contributed by atoms with Crippen LogP contribution in [0.4, 0.5) is 5.69 Å². The fourth-order valence-electron chi connectivity index (χ4n) is 3.54. The van der Waals surface area contributed by atoms with Crippen molar-refractivity contribution in [3.8, 4) is 0 Å². The molecule has 28 heavy (non-hydrogen) atoms. The molecule has 1 atom stereocenters. The van der Waals surface area contributed by atoms with E-state index in [1.54, 1.807) is 11.9 Å². The Morgan fingerprint density at radius 3 is 2.11 bits per heavy atom. The molecule has 0 radical (unpaired) electrons. The molecular weight excluding hydrogens is 350 g/mol. The van der Waals surface area contributed by atoms with Gasteiger partial charge in [0.2, 0.25) is 11.8 Å². The molecule has 0 saturated heterocycles. The molecule has 2 aromatic rings. The minimum atomic E-state index is -0.127. The van der Waals surface area contributed by atoms with Crippen LogP contribution < -0.4 is 10.6 Å². The fourth-order valence-corrected chi connectivity index (χ4v) is 3.54. The molecule has 150 valence electrons. The van der Waals surface area contributed by atoms with Gasteiger partial charge in [0, 0.05) is 5.69 Å². The lowest BCUT2D eigenvalue weighted by atomic mass is 10.0. The van der Waals surface area contributed by atoms with Crippen LogP contribution in [0.15, 0.2) is 36.4 Å². The molecule has 5 nitrogen and oxygen atoms in total. The summed E-state index contributed by atoms with van der Waals surface area (Å²) < 4.78 is 0. The SMILES string of the molecule is Cc1cc(C)c(NC(=O)CN(C)CC(=O)NC(C)c2ccccc2C)c(C)c1. The van der Waals surface area contributed by atoms with E-state index in [9.17, 15) is 9.59 Å².